The summed E-state index contributed by atoms with van der Waals surface area (Å²) in [6.45, 7) is 1.88. The number of hydrogen-bond acceptors (Lipinski definition) is 3. The minimum absolute atomic E-state index is 0. The molecule has 0 aliphatic carbocycles. The van der Waals surface area contributed by atoms with Crippen molar-refractivity contribution in [3.63, 3.8) is 0 Å². The number of hydrogen-bond donors (Lipinski definition) is 4. The van der Waals surface area contributed by atoms with Gasteiger partial charge in [0.15, 0.2) is 0 Å². The van der Waals surface area contributed by atoms with E-state index in [1.165, 1.54) is 0 Å². The lowest BCUT2D eigenvalue weighted by molar-refractivity contribution is -0.123. The molecule has 0 saturated heterocycles. The summed E-state index contributed by atoms with van der Waals surface area (Å²) >= 11 is 0. The number of rotatable bonds is 7. The highest BCUT2D eigenvalue weighted by molar-refractivity contribution is 5.85. The molecule has 0 radical (unpaired) electrons. The van der Waals surface area contributed by atoms with Gasteiger partial charge in [0.05, 0.1) is 18.7 Å². The van der Waals surface area contributed by atoms with E-state index in [-0.39, 0.29) is 31.0 Å². The Hall–Kier alpha value is -1.56. The summed E-state index contributed by atoms with van der Waals surface area (Å²) in [5.74, 6) is -0.198. The van der Waals surface area contributed by atoms with Crippen molar-refractivity contribution in [3.8, 4) is 0 Å². The largest absolute Gasteiger partial charge is 0.394 e. The SMILES string of the molecule is CCCC(N)C(=O)NC(CO)Cc1c[nH]c2ccccc12.Cl. The Morgan fingerprint density at radius 3 is 2.82 bits per heavy atom. The van der Waals surface area contributed by atoms with Crippen molar-refractivity contribution in [1.29, 1.82) is 0 Å². The van der Waals surface area contributed by atoms with Crippen molar-refractivity contribution in [2.45, 2.75) is 38.3 Å². The zero-order valence-corrected chi connectivity index (χ0v) is 13.5. The molecule has 0 spiro atoms. The Labute approximate surface area is 136 Å². The molecule has 5 N–H and O–H groups in total. The van der Waals surface area contributed by atoms with Crippen LogP contribution in [0, 0.1) is 0 Å². The molecule has 0 saturated carbocycles. The molecule has 2 atom stereocenters. The van der Waals surface area contributed by atoms with Gasteiger partial charge in [-0.2, -0.15) is 0 Å². The average molecular weight is 326 g/mol. The monoisotopic (exact) mass is 325 g/mol. The summed E-state index contributed by atoms with van der Waals surface area (Å²) in [6.07, 6.45) is 4.01. The van der Waals surface area contributed by atoms with Crippen molar-refractivity contribution in [2.24, 2.45) is 5.73 Å². The molecule has 1 aromatic heterocycles. The van der Waals surface area contributed by atoms with Gasteiger partial charge < -0.3 is 21.1 Å². The first-order valence-electron chi connectivity index (χ1n) is 7.37. The molecule has 0 aliphatic rings. The number of H-pyrrole nitrogens is 1. The molecule has 2 rings (SSSR count). The fourth-order valence-corrected chi connectivity index (χ4v) is 2.48. The zero-order valence-electron chi connectivity index (χ0n) is 12.7. The quantitative estimate of drug-likeness (QED) is 0.625. The molecule has 2 aromatic rings. The third kappa shape index (κ3) is 4.47. The highest BCUT2D eigenvalue weighted by atomic mass is 35.5. The van der Waals surface area contributed by atoms with E-state index in [2.05, 4.69) is 10.3 Å². The number of carbonyl (C=O) groups is 1. The van der Waals surface area contributed by atoms with Gasteiger partial charge >= 0.3 is 0 Å². The highest BCUT2D eigenvalue weighted by Crippen LogP contribution is 2.19. The minimum atomic E-state index is -0.507. The van der Waals surface area contributed by atoms with Gasteiger partial charge in [-0.25, -0.2) is 0 Å². The van der Waals surface area contributed by atoms with Crippen LogP contribution in [-0.4, -0.2) is 34.7 Å². The van der Waals surface area contributed by atoms with E-state index >= 15 is 0 Å². The van der Waals surface area contributed by atoms with Crippen LogP contribution in [0.5, 0.6) is 0 Å². The van der Waals surface area contributed by atoms with Gasteiger partial charge in [0.25, 0.3) is 0 Å². The summed E-state index contributed by atoms with van der Waals surface area (Å²) in [4.78, 5) is 15.1. The summed E-state index contributed by atoms with van der Waals surface area (Å²) in [7, 11) is 0. The molecule has 6 heteroatoms. The van der Waals surface area contributed by atoms with E-state index in [4.69, 9.17) is 5.73 Å². The van der Waals surface area contributed by atoms with Gasteiger partial charge in [-0.1, -0.05) is 31.5 Å². The van der Waals surface area contributed by atoms with Crippen LogP contribution < -0.4 is 11.1 Å². The molecular formula is C16H24ClN3O2. The van der Waals surface area contributed by atoms with E-state index in [0.29, 0.717) is 12.8 Å². The second-order valence-electron chi connectivity index (χ2n) is 5.35. The van der Waals surface area contributed by atoms with Crippen LogP contribution >= 0.6 is 12.4 Å². The molecule has 5 nitrogen and oxygen atoms in total. The van der Waals surface area contributed by atoms with Gasteiger partial charge in [0.2, 0.25) is 5.91 Å². The molecule has 0 bridgehead atoms. The van der Waals surface area contributed by atoms with Crippen molar-refractivity contribution in [2.75, 3.05) is 6.61 Å². The Morgan fingerprint density at radius 1 is 1.41 bits per heavy atom. The first-order valence-corrected chi connectivity index (χ1v) is 7.37. The van der Waals surface area contributed by atoms with Gasteiger partial charge in [-0.05, 0) is 24.5 Å². The fourth-order valence-electron chi connectivity index (χ4n) is 2.48. The van der Waals surface area contributed by atoms with E-state index in [9.17, 15) is 9.90 Å². The van der Waals surface area contributed by atoms with E-state index in [1.54, 1.807) is 0 Å². The van der Waals surface area contributed by atoms with Crippen LogP contribution in [0.3, 0.4) is 0 Å². The predicted octanol–water partition coefficient (Wildman–Crippen LogP) is 1.74. The zero-order chi connectivity index (χ0) is 15.2. The number of nitrogens with two attached hydrogens (primary N) is 1. The lowest BCUT2D eigenvalue weighted by Crippen LogP contribution is -2.47. The Balaban J connectivity index is 0.00000242. The van der Waals surface area contributed by atoms with E-state index < -0.39 is 6.04 Å². The number of carbonyl (C=O) groups excluding carboxylic acids is 1. The molecule has 2 unspecified atom stereocenters. The second-order valence-corrected chi connectivity index (χ2v) is 5.35. The van der Waals surface area contributed by atoms with Crippen LogP contribution in [0.25, 0.3) is 10.9 Å². The number of aliphatic hydroxyl groups excluding tert-OH is 1. The maximum absolute atomic E-state index is 11.9. The molecule has 0 aliphatic heterocycles. The van der Waals surface area contributed by atoms with Gasteiger partial charge in [0.1, 0.15) is 0 Å². The topological polar surface area (TPSA) is 91.1 Å². The number of amides is 1. The Morgan fingerprint density at radius 2 is 2.14 bits per heavy atom. The van der Waals surface area contributed by atoms with E-state index in [1.807, 2.05) is 37.4 Å². The van der Waals surface area contributed by atoms with Crippen molar-refractivity contribution < 1.29 is 9.90 Å². The highest BCUT2D eigenvalue weighted by Gasteiger charge is 2.18. The molecular weight excluding hydrogens is 302 g/mol. The molecule has 0 fully saturated rings. The molecule has 1 aromatic carbocycles. The predicted molar refractivity (Wildman–Crippen MR) is 91.2 cm³/mol. The van der Waals surface area contributed by atoms with E-state index in [0.717, 1.165) is 22.9 Å². The number of aromatic nitrogens is 1. The maximum atomic E-state index is 11.9. The summed E-state index contributed by atoms with van der Waals surface area (Å²) in [5.41, 5.74) is 7.93. The number of aliphatic hydroxyl groups is 1. The van der Waals surface area contributed by atoms with Crippen molar-refractivity contribution in [3.05, 3.63) is 36.0 Å². The van der Waals surface area contributed by atoms with Crippen LogP contribution in [-0.2, 0) is 11.2 Å². The summed E-state index contributed by atoms with van der Waals surface area (Å²) < 4.78 is 0. The lowest BCUT2D eigenvalue weighted by atomic mass is 10.0. The van der Waals surface area contributed by atoms with Crippen LogP contribution in [0.15, 0.2) is 30.5 Å². The number of halogens is 1. The third-order valence-electron chi connectivity index (χ3n) is 3.64. The number of fused-ring (bicyclic) bond motifs is 1. The van der Waals surface area contributed by atoms with Gasteiger partial charge in [-0.15, -0.1) is 12.4 Å². The minimum Gasteiger partial charge on any atom is -0.394 e. The first-order chi connectivity index (χ1) is 10.2. The molecule has 1 amide bonds. The smallest absolute Gasteiger partial charge is 0.237 e. The summed E-state index contributed by atoms with van der Waals surface area (Å²) in [5, 5.41) is 13.4. The fraction of sp³-hybridized carbons (Fsp3) is 0.438. The molecule has 122 valence electrons. The third-order valence-corrected chi connectivity index (χ3v) is 3.64. The normalized spacial score (nSPS) is 13.4. The number of nitrogens with one attached hydrogen (secondary N) is 2. The second kappa shape index (κ2) is 8.78. The number of aromatic amines is 1. The first kappa shape index (κ1) is 18.5. The van der Waals surface area contributed by atoms with Gasteiger partial charge in [-0.3, -0.25) is 4.79 Å². The van der Waals surface area contributed by atoms with Gasteiger partial charge in [0, 0.05) is 17.1 Å². The number of para-hydroxylation sites is 1. The van der Waals surface area contributed by atoms with Crippen LogP contribution in [0.4, 0.5) is 0 Å². The Kier molecular flexibility index (Phi) is 7.38. The lowest BCUT2D eigenvalue weighted by Gasteiger charge is -2.19. The van der Waals surface area contributed by atoms with Crippen molar-refractivity contribution in [1.82, 2.24) is 10.3 Å². The average Bonchev–Trinajstić information content (AvgIpc) is 2.90. The van der Waals surface area contributed by atoms with Crippen molar-refractivity contribution >= 4 is 29.2 Å². The summed E-state index contributed by atoms with van der Waals surface area (Å²) in [6, 6.07) is 7.15. The number of benzene rings is 1. The standard InChI is InChI=1S/C16H23N3O2.ClH/c1-2-5-14(17)16(21)19-12(10-20)8-11-9-18-15-7-4-3-6-13(11)15;/h3-4,6-7,9,12,14,18,20H,2,5,8,10,17H2,1H3,(H,19,21);1H. The maximum Gasteiger partial charge on any atom is 0.237 e. The molecule has 22 heavy (non-hydrogen) atoms. The van der Waals surface area contributed by atoms with Crippen LogP contribution in [0.1, 0.15) is 25.3 Å². The Bertz CT molecular complexity index is 600. The molecule has 1 heterocycles. The van der Waals surface area contributed by atoms with Crippen LogP contribution in [0.2, 0.25) is 0 Å².